The lowest BCUT2D eigenvalue weighted by molar-refractivity contribution is 0.250. The van der Waals surface area contributed by atoms with E-state index < -0.39 is 0 Å². The van der Waals surface area contributed by atoms with Crippen LogP contribution < -0.4 is 0 Å². The van der Waals surface area contributed by atoms with Gasteiger partial charge in [0.1, 0.15) is 6.17 Å². The summed E-state index contributed by atoms with van der Waals surface area (Å²) in [6.45, 7) is 10.1. The second-order valence-electron chi connectivity index (χ2n) is 7.24. The summed E-state index contributed by atoms with van der Waals surface area (Å²) in [5.74, 6) is -0.122. The van der Waals surface area contributed by atoms with Crippen LogP contribution in [0.5, 0.6) is 0 Å². The molecule has 27 heavy (non-hydrogen) atoms. The number of likely N-dealkylation sites (N-methyl/N-ethyl adjacent to an activating group) is 1. The number of hydrogen-bond donors (Lipinski definition) is 0. The molecule has 2 rings (SSSR count). The molecule has 0 spiro atoms. The van der Waals surface area contributed by atoms with Gasteiger partial charge >= 0.3 is 0 Å². The lowest BCUT2D eigenvalue weighted by atomic mass is 10.0. The number of allylic oxidation sites excluding steroid dienone is 7. The summed E-state index contributed by atoms with van der Waals surface area (Å²) in [7, 11) is 4.34. The van der Waals surface area contributed by atoms with Crippen LogP contribution in [0.2, 0.25) is 0 Å². The monoisotopic (exact) mass is 371 g/mol. The second kappa shape index (κ2) is 10.3. The molecule has 0 aliphatic carbocycles. The molecule has 0 aromatic heterocycles. The Morgan fingerprint density at radius 3 is 2.70 bits per heavy atom. The van der Waals surface area contributed by atoms with Gasteiger partial charge in [-0.2, -0.15) is 0 Å². The van der Waals surface area contributed by atoms with Crippen LogP contribution in [0.25, 0.3) is 0 Å². The van der Waals surface area contributed by atoms with Crippen LogP contribution in [-0.4, -0.2) is 48.1 Å². The van der Waals surface area contributed by atoms with Crippen molar-refractivity contribution in [1.29, 1.82) is 0 Å². The Morgan fingerprint density at radius 2 is 2.04 bits per heavy atom. The Morgan fingerprint density at radius 1 is 1.26 bits per heavy atom. The van der Waals surface area contributed by atoms with Crippen molar-refractivity contribution in [2.24, 2.45) is 0 Å². The van der Waals surface area contributed by atoms with Gasteiger partial charge in [-0.15, -0.1) is 0 Å². The van der Waals surface area contributed by atoms with Crippen molar-refractivity contribution in [3.05, 3.63) is 72.0 Å². The van der Waals surface area contributed by atoms with Gasteiger partial charge in [-0.1, -0.05) is 45.1 Å². The van der Waals surface area contributed by atoms with Crippen molar-refractivity contribution in [1.82, 2.24) is 14.7 Å². The van der Waals surface area contributed by atoms with Crippen molar-refractivity contribution >= 4 is 0 Å². The zero-order chi connectivity index (χ0) is 19.8. The smallest absolute Gasteiger partial charge is 0.124 e. The first-order valence-corrected chi connectivity index (χ1v) is 9.98. The van der Waals surface area contributed by atoms with Gasteiger partial charge in [0, 0.05) is 38.1 Å². The summed E-state index contributed by atoms with van der Waals surface area (Å²) in [6, 6.07) is 0. The normalized spacial score (nSPS) is 20.1. The SMILES string of the molecule is C=C/C(=C\C=C(\F)CC)C1=CN2C=C(CCN(C)CCCC)N(C)C2C=C1. The van der Waals surface area contributed by atoms with E-state index in [0.717, 1.165) is 30.7 Å². The molecule has 0 aromatic carbocycles. The Kier molecular flexibility index (Phi) is 8.11. The van der Waals surface area contributed by atoms with Crippen LogP contribution in [0.15, 0.2) is 72.0 Å². The third-order valence-electron chi connectivity index (χ3n) is 5.17. The fourth-order valence-electron chi connectivity index (χ4n) is 3.28. The molecule has 0 saturated carbocycles. The predicted octanol–water partition coefficient (Wildman–Crippen LogP) is 5.35. The van der Waals surface area contributed by atoms with Gasteiger partial charge in [-0.05, 0) is 49.7 Å². The first kappa shape index (κ1) is 21.2. The lowest BCUT2D eigenvalue weighted by Gasteiger charge is -2.30. The molecule has 0 fully saturated rings. The maximum absolute atomic E-state index is 13.5. The third kappa shape index (κ3) is 5.70. The van der Waals surface area contributed by atoms with Gasteiger partial charge in [0.05, 0.1) is 5.83 Å². The van der Waals surface area contributed by atoms with Gasteiger partial charge in [0.25, 0.3) is 0 Å². The molecule has 2 aliphatic rings. The molecule has 3 nitrogen and oxygen atoms in total. The number of rotatable bonds is 10. The van der Waals surface area contributed by atoms with E-state index in [-0.39, 0.29) is 12.0 Å². The molecule has 0 aromatic rings. The van der Waals surface area contributed by atoms with E-state index in [9.17, 15) is 4.39 Å². The third-order valence-corrected chi connectivity index (χ3v) is 5.17. The van der Waals surface area contributed by atoms with Gasteiger partial charge in [0.2, 0.25) is 0 Å². The molecular weight excluding hydrogens is 337 g/mol. The summed E-state index contributed by atoms with van der Waals surface area (Å²) in [6.07, 6.45) is 17.9. The molecule has 0 amide bonds. The molecule has 148 valence electrons. The van der Waals surface area contributed by atoms with E-state index in [0.29, 0.717) is 6.42 Å². The van der Waals surface area contributed by atoms with Crippen LogP contribution in [0.3, 0.4) is 0 Å². The molecule has 1 atom stereocenters. The van der Waals surface area contributed by atoms with Crippen LogP contribution in [0.4, 0.5) is 4.39 Å². The molecule has 0 N–H and O–H groups in total. The largest absolute Gasteiger partial charge is 0.353 e. The summed E-state index contributed by atoms with van der Waals surface area (Å²) in [5.41, 5.74) is 3.32. The van der Waals surface area contributed by atoms with E-state index in [1.165, 1.54) is 24.6 Å². The standard InChI is InChI=1S/C23H34FN3/c1-6-9-15-25(4)16-14-22-18-27-17-20(11-13-23(27)26(22)5)19(7-2)10-12-21(24)8-3/h7,10-13,17-18,23H,2,6,8-9,14-16H2,1,3-5H3/b19-10+,21-12+. The second-order valence-corrected chi connectivity index (χ2v) is 7.24. The van der Waals surface area contributed by atoms with E-state index in [4.69, 9.17) is 0 Å². The molecule has 0 bridgehead atoms. The molecule has 1 unspecified atom stereocenters. The summed E-state index contributed by atoms with van der Waals surface area (Å²) >= 11 is 0. The Balaban J connectivity index is 2.08. The fourth-order valence-corrected chi connectivity index (χ4v) is 3.28. The topological polar surface area (TPSA) is 9.72 Å². The Bertz CT molecular complexity index is 669. The van der Waals surface area contributed by atoms with Crippen LogP contribution in [0.1, 0.15) is 39.5 Å². The number of unbranched alkanes of at least 4 members (excludes halogenated alkanes) is 1. The van der Waals surface area contributed by atoms with Gasteiger partial charge in [-0.25, -0.2) is 4.39 Å². The minimum Gasteiger partial charge on any atom is -0.353 e. The molecule has 0 saturated heterocycles. The number of nitrogens with zero attached hydrogens (tertiary/aromatic N) is 3. The first-order valence-electron chi connectivity index (χ1n) is 9.98. The molecule has 2 heterocycles. The van der Waals surface area contributed by atoms with E-state index in [2.05, 4.69) is 66.8 Å². The van der Waals surface area contributed by atoms with Crippen molar-refractivity contribution in [3.63, 3.8) is 0 Å². The zero-order valence-corrected chi connectivity index (χ0v) is 17.3. The van der Waals surface area contributed by atoms with E-state index in [1.54, 1.807) is 12.2 Å². The van der Waals surface area contributed by atoms with Crippen LogP contribution in [-0.2, 0) is 0 Å². The van der Waals surface area contributed by atoms with Crippen molar-refractivity contribution in [2.75, 3.05) is 27.2 Å². The number of halogens is 1. The molecule has 0 radical (unpaired) electrons. The van der Waals surface area contributed by atoms with Crippen LogP contribution in [0, 0.1) is 0 Å². The maximum Gasteiger partial charge on any atom is 0.124 e. The van der Waals surface area contributed by atoms with Crippen molar-refractivity contribution < 1.29 is 4.39 Å². The predicted molar refractivity (Wildman–Crippen MR) is 113 cm³/mol. The molecule has 4 heteroatoms. The highest BCUT2D eigenvalue weighted by molar-refractivity contribution is 5.49. The molecular formula is C23H34FN3. The Hall–Kier alpha value is -2.07. The summed E-state index contributed by atoms with van der Waals surface area (Å²) < 4.78 is 13.5. The molecule has 2 aliphatic heterocycles. The quantitative estimate of drug-likeness (QED) is 0.479. The number of fused-ring (bicyclic) bond motifs is 1. The minimum absolute atomic E-state index is 0.122. The van der Waals surface area contributed by atoms with Crippen molar-refractivity contribution in [3.8, 4) is 0 Å². The Labute approximate surface area is 164 Å². The maximum atomic E-state index is 13.5. The van der Waals surface area contributed by atoms with Gasteiger partial charge < -0.3 is 14.7 Å². The van der Waals surface area contributed by atoms with Crippen molar-refractivity contribution in [2.45, 2.75) is 45.7 Å². The zero-order valence-electron chi connectivity index (χ0n) is 17.3. The van der Waals surface area contributed by atoms with Gasteiger partial charge in [0.15, 0.2) is 0 Å². The van der Waals surface area contributed by atoms with E-state index in [1.807, 2.05) is 6.92 Å². The highest BCUT2D eigenvalue weighted by Gasteiger charge is 2.28. The highest BCUT2D eigenvalue weighted by Crippen LogP contribution is 2.30. The lowest BCUT2D eigenvalue weighted by Crippen LogP contribution is -2.35. The number of hydrogen-bond acceptors (Lipinski definition) is 3. The van der Waals surface area contributed by atoms with Gasteiger partial charge in [-0.3, -0.25) is 0 Å². The minimum atomic E-state index is -0.122. The van der Waals surface area contributed by atoms with E-state index >= 15 is 0 Å². The first-order chi connectivity index (χ1) is 13.0. The average Bonchev–Trinajstić information content (AvgIpc) is 3.00. The summed E-state index contributed by atoms with van der Waals surface area (Å²) in [5, 5.41) is 0. The fraction of sp³-hybridized carbons (Fsp3) is 0.478. The van der Waals surface area contributed by atoms with Crippen LogP contribution >= 0.6 is 0 Å². The summed E-state index contributed by atoms with van der Waals surface area (Å²) in [4.78, 5) is 6.96. The highest BCUT2D eigenvalue weighted by atomic mass is 19.1. The average molecular weight is 372 g/mol.